The predicted molar refractivity (Wildman–Crippen MR) is 111 cm³/mol. The third-order valence-corrected chi connectivity index (χ3v) is 7.98. The van der Waals surface area contributed by atoms with E-state index in [0.717, 1.165) is 56.8 Å². The van der Waals surface area contributed by atoms with Crippen molar-refractivity contribution in [2.45, 2.75) is 65.7 Å². The number of aryl methyl sites for hydroxylation is 1. The molecule has 0 saturated heterocycles. The molecule has 0 bridgehead atoms. The summed E-state index contributed by atoms with van der Waals surface area (Å²) in [6.45, 7) is 6.21. The zero-order valence-corrected chi connectivity index (χ0v) is 18.6. The second-order valence-corrected chi connectivity index (χ2v) is 9.53. The average molecular weight is 419 g/mol. The molecule has 0 aromatic carbocycles. The van der Waals surface area contributed by atoms with Crippen LogP contribution in [0.3, 0.4) is 0 Å². The van der Waals surface area contributed by atoms with Gasteiger partial charge in [-0.2, -0.15) is 0 Å². The molecule has 2 saturated carbocycles. The molecule has 3 rings (SSSR count). The van der Waals surface area contributed by atoms with Gasteiger partial charge < -0.3 is 13.9 Å². The first-order valence-corrected chi connectivity index (χ1v) is 11.0. The van der Waals surface area contributed by atoms with E-state index in [2.05, 4.69) is 13.8 Å². The van der Waals surface area contributed by atoms with Gasteiger partial charge >= 0.3 is 11.9 Å². The Kier molecular flexibility index (Phi) is 6.73. The highest BCUT2D eigenvalue weighted by Crippen LogP contribution is 2.62. The zero-order valence-electron chi connectivity index (χ0n) is 18.6. The third kappa shape index (κ3) is 4.06. The molecule has 1 aromatic rings. The number of fused-ring (bicyclic) bond motifs is 1. The molecule has 0 N–H and O–H groups in total. The van der Waals surface area contributed by atoms with E-state index in [9.17, 15) is 14.4 Å². The van der Waals surface area contributed by atoms with E-state index in [1.165, 1.54) is 14.0 Å². The van der Waals surface area contributed by atoms with E-state index in [1.807, 2.05) is 6.07 Å². The van der Waals surface area contributed by atoms with Gasteiger partial charge in [-0.25, -0.2) is 0 Å². The Morgan fingerprint density at radius 3 is 2.70 bits per heavy atom. The minimum absolute atomic E-state index is 0.0602. The Labute approximate surface area is 178 Å². The summed E-state index contributed by atoms with van der Waals surface area (Å²) in [6, 6.07) is 1.85. The molecule has 2 fully saturated rings. The second kappa shape index (κ2) is 8.94. The molecular weight excluding hydrogens is 384 g/mol. The number of carbonyl (C=O) groups is 3. The Balaban J connectivity index is 1.90. The molecule has 0 amide bonds. The lowest BCUT2D eigenvalue weighted by atomic mass is 9.45. The summed E-state index contributed by atoms with van der Waals surface area (Å²) in [5.74, 6) is 0.735. The maximum Gasteiger partial charge on any atom is 0.311 e. The van der Waals surface area contributed by atoms with Gasteiger partial charge in [0.1, 0.15) is 0 Å². The highest BCUT2D eigenvalue weighted by Gasteiger charge is 2.58. The number of esters is 2. The molecule has 30 heavy (non-hydrogen) atoms. The third-order valence-electron chi connectivity index (χ3n) is 7.98. The van der Waals surface area contributed by atoms with Gasteiger partial charge in [0.15, 0.2) is 12.0 Å². The molecule has 6 heteroatoms. The van der Waals surface area contributed by atoms with E-state index in [0.29, 0.717) is 12.4 Å². The van der Waals surface area contributed by atoms with Crippen LogP contribution >= 0.6 is 0 Å². The fourth-order valence-corrected chi connectivity index (χ4v) is 6.56. The van der Waals surface area contributed by atoms with Crippen molar-refractivity contribution >= 4 is 18.2 Å². The fraction of sp³-hybridized carbons (Fsp3) is 0.708. The first-order chi connectivity index (χ1) is 14.3. The molecule has 5 atom stereocenters. The van der Waals surface area contributed by atoms with E-state index in [4.69, 9.17) is 13.9 Å². The van der Waals surface area contributed by atoms with Gasteiger partial charge in [0.2, 0.25) is 0 Å². The summed E-state index contributed by atoms with van der Waals surface area (Å²) in [4.78, 5) is 35.5. The molecule has 0 aliphatic heterocycles. The van der Waals surface area contributed by atoms with E-state index >= 15 is 0 Å². The van der Waals surface area contributed by atoms with E-state index < -0.39 is 5.41 Å². The summed E-state index contributed by atoms with van der Waals surface area (Å²) in [7, 11) is 1.48. The monoisotopic (exact) mass is 418 g/mol. The van der Waals surface area contributed by atoms with Crippen LogP contribution in [0.5, 0.6) is 0 Å². The minimum Gasteiger partial charge on any atom is -0.469 e. The molecule has 0 spiro atoms. The fourth-order valence-electron chi connectivity index (χ4n) is 6.56. The van der Waals surface area contributed by atoms with Crippen molar-refractivity contribution in [2.24, 2.45) is 28.6 Å². The highest BCUT2D eigenvalue weighted by atomic mass is 16.5. The van der Waals surface area contributed by atoms with Crippen molar-refractivity contribution < 1.29 is 28.3 Å². The lowest BCUT2D eigenvalue weighted by Crippen LogP contribution is -2.55. The van der Waals surface area contributed by atoms with Crippen molar-refractivity contribution in [3.05, 3.63) is 23.7 Å². The molecule has 166 valence electrons. The average Bonchev–Trinajstić information content (AvgIpc) is 3.17. The second-order valence-electron chi connectivity index (χ2n) is 9.53. The number of furan rings is 1. The molecule has 1 aromatic heterocycles. The number of carbonyl (C=O) groups excluding carboxylic acids is 3. The molecule has 0 radical (unpaired) electrons. The number of hydrogen-bond acceptors (Lipinski definition) is 6. The van der Waals surface area contributed by atoms with Crippen LogP contribution in [-0.4, -0.2) is 31.9 Å². The summed E-state index contributed by atoms with van der Waals surface area (Å²) in [6.07, 6.45) is 8.59. The number of methoxy groups -OCH3 is 1. The summed E-state index contributed by atoms with van der Waals surface area (Å²) in [5, 5.41) is 0. The van der Waals surface area contributed by atoms with Gasteiger partial charge in [-0.05, 0) is 74.7 Å². The summed E-state index contributed by atoms with van der Waals surface area (Å²) >= 11 is 0. The van der Waals surface area contributed by atoms with Crippen LogP contribution in [0.2, 0.25) is 0 Å². The van der Waals surface area contributed by atoms with E-state index in [1.54, 1.807) is 6.26 Å². The van der Waals surface area contributed by atoms with Gasteiger partial charge in [0, 0.05) is 12.5 Å². The number of rotatable bonds is 7. The van der Waals surface area contributed by atoms with Crippen molar-refractivity contribution in [3.63, 3.8) is 0 Å². The Morgan fingerprint density at radius 1 is 1.27 bits per heavy atom. The van der Waals surface area contributed by atoms with Crippen molar-refractivity contribution in [3.8, 4) is 0 Å². The summed E-state index contributed by atoms with van der Waals surface area (Å²) in [5.41, 5.74) is 0.360. The van der Waals surface area contributed by atoms with Crippen molar-refractivity contribution in [1.29, 1.82) is 0 Å². The van der Waals surface area contributed by atoms with Gasteiger partial charge in [0.25, 0.3) is 0 Å². The SMILES string of the molecule is COC(=O)[C@]1(C)CCC[C@@]2(C)[C@H]1CC[C@@H](COC(C)=O)[C@@H]2CCc1ccoc1C=O. The van der Waals surface area contributed by atoms with Crippen LogP contribution in [0.1, 0.15) is 75.4 Å². The van der Waals surface area contributed by atoms with Crippen molar-refractivity contribution in [2.75, 3.05) is 13.7 Å². The molecule has 2 aliphatic rings. The number of aldehydes is 1. The molecule has 6 nitrogen and oxygen atoms in total. The molecular formula is C24H34O6. The first kappa shape index (κ1) is 22.6. The molecule has 0 unspecified atom stereocenters. The van der Waals surface area contributed by atoms with E-state index in [-0.39, 0.29) is 35.1 Å². The highest BCUT2D eigenvalue weighted by molar-refractivity contribution is 5.77. The Bertz CT molecular complexity index is 782. The number of hydrogen-bond donors (Lipinski definition) is 0. The summed E-state index contributed by atoms with van der Waals surface area (Å²) < 4.78 is 15.9. The maximum atomic E-state index is 12.8. The minimum atomic E-state index is -0.490. The Hall–Kier alpha value is -2.11. The lowest BCUT2D eigenvalue weighted by Gasteiger charge is -2.59. The maximum absolute atomic E-state index is 12.8. The van der Waals surface area contributed by atoms with Gasteiger partial charge in [-0.1, -0.05) is 13.3 Å². The van der Waals surface area contributed by atoms with Crippen LogP contribution in [0.4, 0.5) is 0 Å². The van der Waals surface area contributed by atoms with Crippen LogP contribution in [-0.2, 0) is 25.5 Å². The van der Waals surface area contributed by atoms with Gasteiger partial charge in [0.05, 0.1) is 25.4 Å². The van der Waals surface area contributed by atoms with Crippen LogP contribution in [0.25, 0.3) is 0 Å². The smallest absolute Gasteiger partial charge is 0.311 e. The normalized spacial score (nSPS) is 33.4. The lowest BCUT2D eigenvalue weighted by molar-refractivity contribution is -0.176. The van der Waals surface area contributed by atoms with Crippen LogP contribution in [0, 0.1) is 28.6 Å². The van der Waals surface area contributed by atoms with Gasteiger partial charge in [-0.3, -0.25) is 14.4 Å². The van der Waals surface area contributed by atoms with Gasteiger partial charge in [-0.15, -0.1) is 0 Å². The van der Waals surface area contributed by atoms with Crippen molar-refractivity contribution in [1.82, 2.24) is 0 Å². The molecule has 1 heterocycles. The van der Waals surface area contributed by atoms with Crippen LogP contribution < -0.4 is 0 Å². The topological polar surface area (TPSA) is 82.8 Å². The standard InChI is InChI=1S/C24H34O6/c1-16(26)30-15-18-7-9-21-23(2,11-5-12-24(21,3)22(27)28-4)19(18)8-6-17-10-13-29-20(17)14-25/h10,13-14,18-19,21H,5-9,11-12,15H2,1-4H3/t18-,19-,21+,23+,24+/m0/s1. The largest absolute Gasteiger partial charge is 0.469 e. The zero-order chi connectivity index (χ0) is 21.9. The predicted octanol–water partition coefficient (Wildman–Crippen LogP) is 4.60. The van der Waals surface area contributed by atoms with Crippen LogP contribution in [0.15, 0.2) is 16.7 Å². The molecule has 2 aliphatic carbocycles. The Morgan fingerprint density at radius 2 is 2.03 bits per heavy atom. The number of ether oxygens (including phenoxy) is 2. The quantitative estimate of drug-likeness (QED) is 0.475. The first-order valence-electron chi connectivity index (χ1n) is 11.0.